The largest absolute Gasteiger partial charge is 0.320 e. The van der Waals surface area contributed by atoms with E-state index in [2.05, 4.69) is 47.9 Å². The number of hydrogen-bond acceptors (Lipinski definition) is 6. The van der Waals surface area contributed by atoms with Crippen LogP contribution < -0.4 is 9.80 Å². The third-order valence-corrected chi connectivity index (χ3v) is 6.17. The number of fused-ring (bicyclic) bond motifs is 10. The molecule has 6 nitrogen and oxygen atoms in total. The summed E-state index contributed by atoms with van der Waals surface area (Å²) in [6.07, 6.45) is 9.13. The highest BCUT2D eigenvalue weighted by molar-refractivity contribution is 5.87. The van der Waals surface area contributed by atoms with Gasteiger partial charge in [-0.05, 0) is 12.1 Å². The van der Waals surface area contributed by atoms with E-state index in [0.29, 0.717) is 18.0 Å². The minimum absolute atomic E-state index is 0.401. The lowest BCUT2D eigenvalue weighted by molar-refractivity contribution is 0.500. The van der Waals surface area contributed by atoms with Crippen LogP contribution in [-0.2, 0) is 12.8 Å². The van der Waals surface area contributed by atoms with Gasteiger partial charge in [-0.3, -0.25) is 9.97 Å². The van der Waals surface area contributed by atoms with Crippen LogP contribution in [0.2, 0.25) is 0 Å². The highest BCUT2D eigenvalue weighted by Gasteiger charge is 2.57. The van der Waals surface area contributed by atoms with Gasteiger partial charge in [-0.15, -0.1) is 0 Å². The zero-order valence-corrected chi connectivity index (χ0v) is 13.4. The zero-order valence-electron chi connectivity index (χ0n) is 13.4. The van der Waals surface area contributed by atoms with Crippen LogP contribution in [-0.4, -0.2) is 32.0 Å². The summed E-state index contributed by atoms with van der Waals surface area (Å²) in [7, 11) is 0. The molecule has 1 aromatic carbocycles. The van der Waals surface area contributed by atoms with Gasteiger partial charge in [0.2, 0.25) is 0 Å². The summed E-state index contributed by atoms with van der Waals surface area (Å²) in [6, 6.07) is 7.42. The van der Waals surface area contributed by atoms with Crippen LogP contribution in [0.3, 0.4) is 0 Å². The average molecular weight is 326 g/mol. The Morgan fingerprint density at radius 1 is 0.720 bits per heavy atom. The molecule has 2 aromatic heterocycles. The lowest BCUT2D eigenvalue weighted by atomic mass is 9.88. The summed E-state index contributed by atoms with van der Waals surface area (Å²) in [5.41, 5.74) is 6.30. The average Bonchev–Trinajstić information content (AvgIpc) is 3.35. The van der Waals surface area contributed by atoms with E-state index in [-0.39, 0.29) is 0 Å². The van der Waals surface area contributed by atoms with Gasteiger partial charge in [0.25, 0.3) is 0 Å². The lowest BCUT2D eigenvalue weighted by Crippen LogP contribution is -2.37. The first kappa shape index (κ1) is 12.4. The molecule has 120 valence electrons. The molecule has 7 rings (SSSR count). The van der Waals surface area contributed by atoms with Crippen molar-refractivity contribution in [2.24, 2.45) is 0 Å². The molecule has 4 aliphatic rings. The molecule has 0 aliphatic carbocycles. The Labute approximate surface area is 144 Å². The van der Waals surface area contributed by atoms with E-state index in [9.17, 15) is 0 Å². The normalized spacial score (nSPS) is 26.3. The van der Waals surface area contributed by atoms with Gasteiger partial charge < -0.3 is 9.80 Å². The molecule has 25 heavy (non-hydrogen) atoms. The molecule has 2 atom stereocenters. The van der Waals surface area contributed by atoms with Gasteiger partial charge >= 0.3 is 0 Å². The number of aromatic nitrogens is 4. The van der Waals surface area contributed by atoms with Crippen molar-refractivity contribution in [3.63, 3.8) is 0 Å². The molecule has 0 saturated heterocycles. The number of rotatable bonds is 0. The predicted octanol–water partition coefficient (Wildman–Crippen LogP) is 2.50. The molecule has 4 aliphatic heterocycles. The molecule has 0 N–H and O–H groups in total. The maximum Gasteiger partial charge on any atom is 0.155 e. The van der Waals surface area contributed by atoms with Crippen molar-refractivity contribution < 1.29 is 0 Å². The quantitative estimate of drug-likeness (QED) is 0.633. The van der Waals surface area contributed by atoms with E-state index in [1.165, 1.54) is 16.9 Å². The van der Waals surface area contributed by atoms with Crippen molar-refractivity contribution >= 4 is 23.0 Å². The van der Waals surface area contributed by atoms with Gasteiger partial charge in [0, 0.05) is 60.5 Å². The SMILES string of the molecule is c1cc2c3c(c1)N1c4nccnc4CC1C3C1Cc3nccnc3N21. The van der Waals surface area contributed by atoms with Crippen molar-refractivity contribution in [2.45, 2.75) is 30.8 Å². The Bertz CT molecular complexity index is 984. The summed E-state index contributed by atoms with van der Waals surface area (Å²) in [5.74, 6) is 2.53. The summed E-state index contributed by atoms with van der Waals surface area (Å²) in [4.78, 5) is 23.3. The standard InChI is InChI=1S/C19H14N6/c1-2-12-16-13(3-1)25-15(9-11-19(25)23-7-5-21-11)17(16)14-8-10-18(24(12)14)22-6-4-20-10/h1-7,14-15,17H,8-9H2. The Morgan fingerprint density at radius 2 is 1.24 bits per heavy atom. The Morgan fingerprint density at radius 3 is 1.80 bits per heavy atom. The van der Waals surface area contributed by atoms with Crippen LogP contribution in [0.4, 0.5) is 23.0 Å². The van der Waals surface area contributed by atoms with Crippen LogP contribution in [0.15, 0.2) is 43.0 Å². The van der Waals surface area contributed by atoms with Crippen LogP contribution in [0.5, 0.6) is 0 Å². The maximum atomic E-state index is 4.64. The molecule has 0 amide bonds. The number of benzene rings is 1. The van der Waals surface area contributed by atoms with Gasteiger partial charge in [-0.25, -0.2) is 9.97 Å². The van der Waals surface area contributed by atoms with Gasteiger partial charge in [-0.2, -0.15) is 0 Å². The van der Waals surface area contributed by atoms with E-state index >= 15 is 0 Å². The first-order valence-electron chi connectivity index (χ1n) is 8.73. The topological polar surface area (TPSA) is 58.0 Å². The fraction of sp³-hybridized carbons (Fsp3) is 0.263. The molecular weight excluding hydrogens is 312 g/mol. The fourth-order valence-electron chi connectivity index (χ4n) is 5.41. The molecule has 0 radical (unpaired) electrons. The van der Waals surface area contributed by atoms with E-state index in [4.69, 9.17) is 0 Å². The van der Waals surface area contributed by atoms with E-state index in [1.807, 2.05) is 0 Å². The second-order valence-corrected chi connectivity index (χ2v) is 7.17. The van der Waals surface area contributed by atoms with Gasteiger partial charge in [-0.1, -0.05) is 6.07 Å². The Kier molecular flexibility index (Phi) is 1.96. The van der Waals surface area contributed by atoms with Crippen molar-refractivity contribution in [3.8, 4) is 0 Å². The third kappa shape index (κ3) is 1.28. The molecule has 0 bridgehead atoms. The molecule has 0 saturated carbocycles. The Balaban J connectivity index is 1.48. The second kappa shape index (κ2) is 3.96. The highest BCUT2D eigenvalue weighted by atomic mass is 15.3. The van der Waals surface area contributed by atoms with Gasteiger partial charge in [0.15, 0.2) is 11.6 Å². The summed E-state index contributed by atoms with van der Waals surface area (Å²) in [5, 5.41) is 0. The first-order valence-corrected chi connectivity index (χ1v) is 8.73. The highest BCUT2D eigenvalue weighted by Crippen LogP contribution is 2.62. The first-order chi connectivity index (χ1) is 12.4. The number of nitrogens with zero attached hydrogens (tertiary/aromatic N) is 6. The molecule has 0 spiro atoms. The second-order valence-electron chi connectivity index (χ2n) is 7.17. The Hall–Kier alpha value is -3.02. The van der Waals surface area contributed by atoms with Crippen molar-refractivity contribution in [1.29, 1.82) is 0 Å². The molecule has 0 fully saturated rings. The van der Waals surface area contributed by atoms with Crippen molar-refractivity contribution in [3.05, 3.63) is 59.9 Å². The van der Waals surface area contributed by atoms with Crippen molar-refractivity contribution in [2.75, 3.05) is 9.80 Å². The predicted molar refractivity (Wildman–Crippen MR) is 92.5 cm³/mol. The molecule has 6 heterocycles. The van der Waals surface area contributed by atoms with E-state index < -0.39 is 0 Å². The number of anilines is 4. The minimum Gasteiger partial charge on any atom is -0.320 e. The summed E-state index contributed by atoms with van der Waals surface area (Å²) >= 11 is 0. The van der Waals surface area contributed by atoms with Crippen LogP contribution in [0, 0.1) is 0 Å². The van der Waals surface area contributed by atoms with E-state index in [0.717, 1.165) is 35.9 Å². The van der Waals surface area contributed by atoms with Crippen molar-refractivity contribution in [1.82, 2.24) is 19.9 Å². The molecule has 2 unspecified atom stereocenters. The third-order valence-electron chi connectivity index (χ3n) is 6.17. The maximum absolute atomic E-state index is 4.64. The minimum atomic E-state index is 0.401. The molecule has 3 aromatic rings. The zero-order chi connectivity index (χ0) is 16.1. The summed E-state index contributed by atoms with van der Waals surface area (Å²) in [6.45, 7) is 0. The number of hydrogen-bond donors (Lipinski definition) is 0. The summed E-state index contributed by atoms with van der Waals surface area (Å²) < 4.78 is 0. The van der Waals surface area contributed by atoms with Crippen LogP contribution in [0.1, 0.15) is 22.9 Å². The monoisotopic (exact) mass is 326 g/mol. The van der Waals surface area contributed by atoms with Crippen LogP contribution in [0.25, 0.3) is 0 Å². The van der Waals surface area contributed by atoms with Crippen LogP contribution >= 0.6 is 0 Å². The lowest BCUT2D eigenvalue weighted by Gasteiger charge is -2.29. The van der Waals surface area contributed by atoms with E-state index in [1.54, 1.807) is 24.8 Å². The molecule has 6 heteroatoms. The fourth-order valence-corrected chi connectivity index (χ4v) is 5.41. The van der Waals surface area contributed by atoms with Gasteiger partial charge in [0.1, 0.15) is 0 Å². The molecular formula is C19H14N6. The van der Waals surface area contributed by atoms with Gasteiger partial charge in [0.05, 0.1) is 23.5 Å². The smallest absolute Gasteiger partial charge is 0.155 e.